The van der Waals surface area contributed by atoms with Crippen molar-refractivity contribution in [2.75, 3.05) is 6.26 Å². The molecule has 15 heavy (non-hydrogen) atoms. The number of hydrogen-bond acceptors (Lipinski definition) is 2. The van der Waals surface area contributed by atoms with E-state index >= 15 is 0 Å². The predicted octanol–water partition coefficient (Wildman–Crippen LogP) is 1.86. The average molecular weight is 227 g/mol. The highest BCUT2D eigenvalue weighted by Gasteiger charge is 2.27. The van der Waals surface area contributed by atoms with Gasteiger partial charge in [0.05, 0.1) is 11.8 Å². The van der Waals surface area contributed by atoms with Crippen molar-refractivity contribution in [3.05, 3.63) is 35.9 Å². The van der Waals surface area contributed by atoms with Crippen LogP contribution in [0.3, 0.4) is 0 Å². The zero-order valence-corrected chi connectivity index (χ0v) is 10.1. The zero-order chi connectivity index (χ0) is 11.5. The molecular weight excluding hydrogens is 210 g/mol. The molecule has 0 unspecified atom stereocenters. The van der Waals surface area contributed by atoms with Crippen molar-refractivity contribution in [2.24, 2.45) is 0 Å². The van der Waals surface area contributed by atoms with Crippen LogP contribution in [0.1, 0.15) is 25.8 Å². The van der Waals surface area contributed by atoms with Gasteiger partial charge >= 0.3 is 0 Å². The molecule has 0 radical (unpaired) electrons. The average Bonchev–Trinajstić information content (AvgIpc) is 2.16. The number of sulfonamides is 1. The molecular formula is C11H17NO2S. The molecule has 1 atom stereocenters. The Morgan fingerprint density at radius 2 is 1.80 bits per heavy atom. The minimum absolute atomic E-state index is 0.519. The van der Waals surface area contributed by atoms with E-state index in [1.807, 2.05) is 44.2 Å². The van der Waals surface area contributed by atoms with Crippen LogP contribution in [0.25, 0.3) is 0 Å². The summed E-state index contributed by atoms with van der Waals surface area (Å²) >= 11 is 0. The second kappa shape index (κ2) is 4.33. The SMILES string of the molecule is CC[C@](C)(NS(C)(=O)=O)c1ccccc1. The number of rotatable bonds is 4. The molecule has 0 bridgehead atoms. The van der Waals surface area contributed by atoms with E-state index in [1.54, 1.807) is 0 Å². The summed E-state index contributed by atoms with van der Waals surface area (Å²) in [6, 6.07) is 9.60. The van der Waals surface area contributed by atoms with Gasteiger partial charge in [0, 0.05) is 0 Å². The minimum Gasteiger partial charge on any atom is -0.213 e. The molecule has 0 saturated heterocycles. The Hall–Kier alpha value is -0.870. The largest absolute Gasteiger partial charge is 0.213 e. The van der Waals surface area contributed by atoms with Crippen molar-refractivity contribution in [3.63, 3.8) is 0 Å². The fourth-order valence-corrected chi connectivity index (χ4v) is 2.63. The van der Waals surface area contributed by atoms with E-state index in [0.717, 1.165) is 5.56 Å². The van der Waals surface area contributed by atoms with Crippen LogP contribution < -0.4 is 4.72 Å². The molecule has 1 rings (SSSR count). The Labute approximate surface area is 91.6 Å². The summed E-state index contributed by atoms with van der Waals surface area (Å²) in [6.45, 7) is 3.86. The third-order valence-electron chi connectivity index (χ3n) is 2.53. The maximum atomic E-state index is 11.3. The van der Waals surface area contributed by atoms with Gasteiger partial charge in [-0.25, -0.2) is 13.1 Å². The van der Waals surface area contributed by atoms with Gasteiger partial charge in [0.2, 0.25) is 10.0 Å². The Morgan fingerprint density at radius 3 is 2.20 bits per heavy atom. The molecule has 1 aromatic carbocycles. The Bertz CT molecular complexity index is 413. The molecule has 0 aliphatic rings. The van der Waals surface area contributed by atoms with E-state index in [-0.39, 0.29) is 0 Å². The van der Waals surface area contributed by atoms with Crippen LogP contribution in [0.5, 0.6) is 0 Å². The first-order valence-corrected chi connectivity index (χ1v) is 6.81. The van der Waals surface area contributed by atoms with Crippen molar-refractivity contribution in [2.45, 2.75) is 25.8 Å². The molecule has 0 aromatic heterocycles. The Morgan fingerprint density at radius 1 is 1.27 bits per heavy atom. The van der Waals surface area contributed by atoms with E-state index in [0.29, 0.717) is 6.42 Å². The lowest BCUT2D eigenvalue weighted by Crippen LogP contribution is -2.42. The van der Waals surface area contributed by atoms with Crippen LogP contribution in [0.4, 0.5) is 0 Å². The van der Waals surface area contributed by atoms with Gasteiger partial charge in [0.15, 0.2) is 0 Å². The topological polar surface area (TPSA) is 46.2 Å². The first-order valence-electron chi connectivity index (χ1n) is 4.92. The van der Waals surface area contributed by atoms with Crippen LogP contribution in [0.15, 0.2) is 30.3 Å². The fraction of sp³-hybridized carbons (Fsp3) is 0.455. The van der Waals surface area contributed by atoms with Gasteiger partial charge in [-0.2, -0.15) is 0 Å². The summed E-state index contributed by atoms with van der Waals surface area (Å²) < 4.78 is 25.2. The minimum atomic E-state index is -3.19. The zero-order valence-electron chi connectivity index (χ0n) is 9.32. The Balaban J connectivity index is 3.06. The van der Waals surface area contributed by atoms with E-state index in [1.165, 1.54) is 6.26 Å². The van der Waals surface area contributed by atoms with Gasteiger partial charge in [0.25, 0.3) is 0 Å². The summed E-state index contributed by atoms with van der Waals surface area (Å²) in [5.74, 6) is 0. The third kappa shape index (κ3) is 3.32. The molecule has 4 heteroatoms. The highest BCUT2D eigenvalue weighted by Crippen LogP contribution is 2.24. The number of nitrogens with one attached hydrogen (secondary N) is 1. The van der Waals surface area contributed by atoms with Gasteiger partial charge in [0.1, 0.15) is 0 Å². The second-order valence-corrected chi connectivity index (χ2v) is 5.67. The van der Waals surface area contributed by atoms with Crippen molar-refractivity contribution >= 4 is 10.0 Å². The molecule has 84 valence electrons. The molecule has 0 fully saturated rings. The molecule has 0 aliphatic carbocycles. The molecule has 0 amide bonds. The third-order valence-corrected chi connectivity index (χ3v) is 3.35. The molecule has 0 spiro atoms. The van der Waals surface area contributed by atoms with Crippen LogP contribution in [-0.4, -0.2) is 14.7 Å². The lowest BCUT2D eigenvalue weighted by atomic mass is 9.91. The maximum absolute atomic E-state index is 11.3. The highest BCUT2D eigenvalue weighted by atomic mass is 32.2. The summed E-state index contributed by atoms with van der Waals surface area (Å²) in [5.41, 5.74) is 0.465. The van der Waals surface area contributed by atoms with Crippen molar-refractivity contribution < 1.29 is 8.42 Å². The van der Waals surface area contributed by atoms with Gasteiger partial charge in [-0.1, -0.05) is 37.3 Å². The van der Waals surface area contributed by atoms with E-state index in [9.17, 15) is 8.42 Å². The summed E-state index contributed by atoms with van der Waals surface area (Å²) in [5, 5.41) is 0. The lowest BCUT2D eigenvalue weighted by Gasteiger charge is -2.29. The first-order chi connectivity index (χ1) is 6.87. The number of benzene rings is 1. The van der Waals surface area contributed by atoms with E-state index in [4.69, 9.17) is 0 Å². The van der Waals surface area contributed by atoms with Crippen molar-refractivity contribution in [1.82, 2.24) is 4.72 Å². The van der Waals surface area contributed by atoms with Gasteiger partial charge in [-0.05, 0) is 18.9 Å². The first kappa shape index (κ1) is 12.2. The van der Waals surface area contributed by atoms with Gasteiger partial charge in [-0.3, -0.25) is 0 Å². The molecule has 1 aromatic rings. The second-order valence-electron chi connectivity index (χ2n) is 3.93. The van der Waals surface area contributed by atoms with Crippen LogP contribution in [0, 0.1) is 0 Å². The lowest BCUT2D eigenvalue weighted by molar-refractivity contribution is 0.419. The normalized spacial score (nSPS) is 15.9. The summed E-state index contributed by atoms with van der Waals surface area (Å²) in [7, 11) is -3.19. The van der Waals surface area contributed by atoms with Crippen LogP contribution in [0.2, 0.25) is 0 Å². The van der Waals surface area contributed by atoms with E-state index < -0.39 is 15.6 Å². The summed E-state index contributed by atoms with van der Waals surface area (Å²) in [6.07, 6.45) is 1.90. The quantitative estimate of drug-likeness (QED) is 0.853. The monoisotopic (exact) mass is 227 g/mol. The molecule has 0 heterocycles. The van der Waals surface area contributed by atoms with Crippen LogP contribution >= 0.6 is 0 Å². The Kier molecular flexibility index (Phi) is 3.52. The molecule has 0 saturated carbocycles. The fourth-order valence-electron chi connectivity index (χ4n) is 1.55. The van der Waals surface area contributed by atoms with Crippen LogP contribution in [-0.2, 0) is 15.6 Å². The van der Waals surface area contributed by atoms with Crippen molar-refractivity contribution in [3.8, 4) is 0 Å². The molecule has 0 aliphatic heterocycles. The molecule has 1 N–H and O–H groups in total. The molecule has 3 nitrogen and oxygen atoms in total. The maximum Gasteiger partial charge on any atom is 0.209 e. The van der Waals surface area contributed by atoms with Gasteiger partial charge in [-0.15, -0.1) is 0 Å². The predicted molar refractivity (Wildman–Crippen MR) is 62.1 cm³/mol. The van der Waals surface area contributed by atoms with Gasteiger partial charge < -0.3 is 0 Å². The highest BCUT2D eigenvalue weighted by molar-refractivity contribution is 7.88. The van der Waals surface area contributed by atoms with Crippen molar-refractivity contribution in [1.29, 1.82) is 0 Å². The van der Waals surface area contributed by atoms with E-state index in [2.05, 4.69) is 4.72 Å². The smallest absolute Gasteiger partial charge is 0.209 e. The summed E-state index contributed by atoms with van der Waals surface area (Å²) in [4.78, 5) is 0. The number of hydrogen-bond donors (Lipinski definition) is 1. The standard InChI is InChI=1S/C11H17NO2S/c1-4-11(2,12-15(3,13)14)10-8-6-5-7-9-10/h5-9,12H,4H2,1-3H3/t11-/m0/s1.